The number of hydrogen-bond acceptors (Lipinski definition) is 3. The Hall–Kier alpha value is -2.70. The summed E-state index contributed by atoms with van der Waals surface area (Å²) < 4.78 is 44.0. The summed E-state index contributed by atoms with van der Waals surface area (Å²) in [5, 5.41) is 5.01. The highest BCUT2D eigenvalue weighted by molar-refractivity contribution is 6.35. The topological polar surface area (TPSA) is 33.6 Å². The normalized spacial score (nSPS) is 11.6. The van der Waals surface area contributed by atoms with Gasteiger partial charge in [-0.2, -0.15) is 18.3 Å². The number of anilines is 1. The molecule has 3 aromatic carbocycles. The fourth-order valence-electron chi connectivity index (χ4n) is 2.46. The minimum Gasteiger partial charge on any atom is -0.489 e. The number of nitrogens with one attached hydrogen (secondary N) is 1. The highest BCUT2D eigenvalue weighted by atomic mass is 35.5. The van der Waals surface area contributed by atoms with Crippen molar-refractivity contribution in [3.8, 4) is 5.75 Å². The van der Waals surface area contributed by atoms with Crippen LogP contribution in [0.25, 0.3) is 0 Å². The predicted octanol–water partition coefficient (Wildman–Crippen LogP) is 7.04. The molecular weight excluding hydrogens is 424 g/mol. The lowest BCUT2D eigenvalue weighted by molar-refractivity contribution is -0.137. The SMILES string of the molecule is FC(F)(F)c1cccc(NN=Cc2cccc(OCc3c(Cl)cccc3Cl)c2)c1. The number of rotatable bonds is 6. The number of alkyl halides is 3. The van der Waals surface area contributed by atoms with Gasteiger partial charge in [-0.3, -0.25) is 5.43 Å². The van der Waals surface area contributed by atoms with Crippen molar-refractivity contribution in [1.82, 2.24) is 0 Å². The quantitative estimate of drug-likeness (QED) is 0.330. The van der Waals surface area contributed by atoms with Gasteiger partial charge in [0.15, 0.2) is 0 Å². The van der Waals surface area contributed by atoms with E-state index in [1.165, 1.54) is 18.3 Å². The number of nitrogens with zero attached hydrogens (tertiary/aromatic N) is 1. The summed E-state index contributed by atoms with van der Waals surface area (Å²) in [5.74, 6) is 0.573. The van der Waals surface area contributed by atoms with Crippen LogP contribution in [0.2, 0.25) is 10.0 Å². The van der Waals surface area contributed by atoms with E-state index in [9.17, 15) is 13.2 Å². The molecule has 3 nitrogen and oxygen atoms in total. The summed E-state index contributed by atoms with van der Waals surface area (Å²) in [5.41, 5.74) is 3.46. The Kier molecular flexibility index (Phi) is 6.67. The lowest BCUT2D eigenvalue weighted by Gasteiger charge is -2.10. The Morgan fingerprint density at radius 1 is 0.931 bits per heavy atom. The summed E-state index contributed by atoms with van der Waals surface area (Å²) in [6, 6.07) is 17.1. The molecule has 0 aliphatic rings. The summed E-state index contributed by atoms with van der Waals surface area (Å²) in [7, 11) is 0. The summed E-state index contributed by atoms with van der Waals surface area (Å²) in [6.45, 7) is 0.196. The van der Waals surface area contributed by atoms with E-state index in [0.29, 0.717) is 26.9 Å². The molecule has 3 aromatic rings. The molecule has 0 fully saturated rings. The van der Waals surface area contributed by atoms with Gasteiger partial charge in [0, 0.05) is 15.6 Å². The molecule has 29 heavy (non-hydrogen) atoms. The van der Waals surface area contributed by atoms with Crippen LogP contribution in [0.4, 0.5) is 18.9 Å². The van der Waals surface area contributed by atoms with Gasteiger partial charge in [0.1, 0.15) is 12.4 Å². The van der Waals surface area contributed by atoms with Gasteiger partial charge in [-0.25, -0.2) is 0 Å². The molecule has 0 radical (unpaired) electrons. The number of ether oxygens (including phenoxy) is 1. The molecule has 0 amide bonds. The van der Waals surface area contributed by atoms with E-state index < -0.39 is 11.7 Å². The molecule has 8 heteroatoms. The molecule has 0 aromatic heterocycles. The maximum atomic E-state index is 12.7. The van der Waals surface area contributed by atoms with Crippen molar-refractivity contribution in [3.05, 3.63) is 93.5 Å². The summed E-state index contributed by atoms with van der Waals surface area (Å²) in [6.07, 6.45) is -2.92. The van der Waals surface area contributed by atoms with E-state index in [4.69, 9.17) is 27.9 Å². The Morgan fingerprint density at radius 3 is 2.34 bits per heavy atom. The largest absolute Gasteiger partial charge is 0.489 e. The zero-order valence-electron chi connectivity index (χ0n) is 14.9. The average molecular weight is 439 g/mol. The molecule has 0 aliphatic heterocycles. The lowest BCUT2D eigenvalue weighted by Crippen LogP contribution is -2.05. The number of benzene rings is 3. The lowest BCUT2D eigenvalue weighted by atomic mass is 10.2. The van der Waals surface area contributed by atoms with Gasteiger partial charge in [-0.1, -0.05) is 47.5 Å². The van der Waals surface area contributed by atoms with Gasteiger partial charge in [-0.05, 0) is 48.0 Å². The molecule has 3 rings (SSSR count). The van der Waals surface area contributed by atoms with Crippen molar-refractivity contribution in [2.45, 2.75) is 12.8 Å². The smallest absolute Gasteiger partial charge is 0.416 e. The Bertz CT molecular complexity index is 1000. The average Bonchev–Trinajstić information content (AvgIpc) is 2.68. The minimum atomic E-state index is -4.41. The van der Waals surface area contributed by atoms with Crippen LogP contribution < -0.4 is 10.2 Å². The van der Waals surface area contributed by atoms with Gasteiger partial charge in [0.25, 0.3) is 0 Å². The minimum absolute atomic E-state index is 0.196. The van der Waals surface area contributed by atoms with E-state index in [0.717, 1.165) is 12.1 Å². The predicted molar refractivity (Wildman–Crippen MR) is 110 cm³/mol. The Morgan fingerprint density at radius 2 is 1.62 bits per heavy atom. The van der Waals surface area contributed by atoms with Crippen LogP contribution in [-0.2, 0) is 12.8 Å². The fourth-order valence-corrected chi connectivity index (χ4v) is 2.96. The van der Waals surface area contributed by atoms with E-state index in [1.807, 2.05) is 0 Å². The molecule has 0 bridgehead atoms. The first kappa shape index (κ1) is 21.0. The molecule has 1 N–H and O–H groups in total. The van der Waals surface area contributed by atoms with Crippen LogP contribution in [0.3, 0.4) is 0 Å². The van der Waals surface area contributed by atoms with Crippen molar-refractivity contribution < 1.29 is 17.9 Å². The van der Waals surface area contributed by atoms with Crippen molar-refractivity contribution >= 4 is 35.1 Å². The number of hydrazone groups is 1. The second kappa shape index (κ2) is 9.20. The van der Waals surface area contributed by atoms with Crippen LogP contribution in [0.5, 0.6) is 5.75 Å². The summed E-state index contributed by atoms with van der Waals surface area (Å²) >= 11 is 12.3. The second-order valence-corrected chi connectivity index (χ2v) is 6.82. The van der Waals surface area contributed by atoms with E-state index in [2.05, 4.69) is 10.5 Å². The molecule has 0 heterocycles. The molecular formula is C21H15Cl2F3N2O. The number of halogens is 5. The van der Waals surface area contributed by atoms with E-state index in [1.54, 1.807) is 42.5 Å². The monoisotopic (exact) mass is 438 g/mol. The highest BCUT2D eigenvalue weighted by Crippen LogP contribution is 2.30. The van der Waals surface area contributed by atoms with Crippen molar-refractivity contribution in [1.29, 1.82) is 0 Å². The van der Waals surface area contributed by atoms with Crippen LogP contribution in [-0.4, -0.2) is 6.21 Å². The third kappa shape index (κ3) is 5.89. The van der Waals surface area contributed by atoms with Crippen LogP contribution in [0.1, 0.15) is 16.7 Å². The van der Waals surface area contributed by atoms with Gasteiger partial charge in [0.2, 0.25) is 0 Å². The van der Waals surface area contributed by atoms with Crippen LogP contribution >= 0.6 is 23.2 Å². The zero-order chi connectivity index (χ0) is 20.9. The maximum Gasteiger partial charge on any atom is 0.416 e. The first-order chi connectivity index (χ1) is 13.8. The molecule has 0 atom stereocenters. The molecule has 0 unspecified atom stereocenters. The summed E-state index contributed by atoms with van der Waals surface area (Å²) in [4.78, 5) is 0. The van der Waals surface area contributed by atoms with Crippen molar-refractivity contribution in [2.24, 2.45) is 5.10 Å². The fraction of sp³-hybridized carbons (Fsp3) is 0.0952. The van der Waals surface area contributed by atoms with Crippen LogP contribution in [0, 0.1) is 0 Å². The standard InChI is InChI=1S/C21H15Cl2F3N2O/c22-19-8-3-9-20(23)18(19)13-29-17-7-1-4-14(10-17)12-27-28-16-6-2-5-15(11-16)21(24,25)26/h1-12,28H,13H2. The number of hydrogen-bond donors (Lipinski definition) is 1. The Balaban J connectivity index is 1.64. The first-order valence-electron chi connectivity index (χ1n) is 8.45. The second-order valence-electron chi connectivity index (χ2n) is 6.01. The highest BCUT2D eigenvalue weighted by Gasteiger charge is 2.30. The van der Waals surface area contributed by atoms with Gasteiger partial charge in [0.05, 0.1) is 17.5 Å². The van der Waals surface area contributed by atoms with Gasteiger partial charge >= 0.3 is 6.18 Å². The van der Waals surface area contributed by atoms with Crippen molar-refractivity contribution in [3.63, 3.8) is 0 Å². The molecule has 150 valence electrons. The first-order valence-corrected chi connectivity index (χ1v) is 9.20. The van der Waals surface area contributed by atoms with Gasteiger partial charge < -0.3 is 4.74 Å². The molecule has 0 aliphatic carbocycles. The van der Waals surface area contributed by atoms with Gasteiger partial charge in [-0.15, -0.1) is 0 Å². The molecule has 0 spiro atoms. The van der Waals surface area contributed by atoms with E-state index >= 15 is 0 Å². The van der Waals surface area contributed by atoms with Crippen molar-refractivity contribution in [2.75, 3.05) is 5.43 Å². The van der Waals surface area contributed by atoms with Crippen LogP contribution in [0.15, 0.2) is 71.8 Å². The molecule has 0 saturated carbocycles. The van der Waals surface area contributed by atoms with E-state index in [-0.39, 0.29) is 12.3 Å². The maximum absolute atomic E-state index is 12.7. The zero-order valence-corrected chi connectivity index (χ0v) is 16.4. The third-order valence-corrected chi connectivity index (χ3v) is 4.61. The molecule has 0 saturated heterocycles. The third-order valence-electron chi connectivity index (χ3n) is 3.90. The Labute approximate surface area is 175 Å².